The van der Waals surface area contributed by atoms with Crippen molar-refractivity contribution in [1.82, 2.24) is 4.90 Å². The summed E-state index contributed by atoms with van der Waals surface area (Å²) in [5, 5.41) is 9.60. The Bertz CT molecular complexity index is 682. The molecular weight excluding hydrogens is 332 g/mol. The molecule has 1 aromatic carbocycles. The largest absolute Gasteiger partial charge is 0.497 e. The van der Waals surface area contributed by atoms with Gasteiger partial charge in [-0.3, -0.25) is 9.59 Å². The summed E-state index contributed by atoms with van der Waals surface area (Å²) in [4.78, 5) is 28.9. The van der Waals surface area contributed by atoms with Gasteiger partial charge in [-0.2, -0.15) is 0 Å². The average molecular weight is 358 g/mol. The van der Waals surface area contributed by atoms with Crippen molar-refractivity contribution in [3.63, 3.8) is 0 Å². The van der Waals surface area contributed by atoms with Crippen molar-refractivity contribution >= 4 is 17.6 Å². The standard InChI is InChI=1S/C20H26N2O4/c1-26-16-6-4-15(5-7-16)21-8-10-22(11-9-21)19(23)17-13-2-3-14(12-13)18(17)20(24)25/h4-7,13-14,17-18H,2-3,8-12H2,1H3,(H,24,25)/t13-,14-,17+,18-/m0/s1. The van der Waals surface area contributed by atoms with Crippen LogP contribution in [0.2, 0.25) is 0 Å². The third kappa shape index (κ3) is 2.91. The van der Waals surface area contributed by atoms with Crippen LogP contribution in [0.4, 0.5) is 5.69 Å². The lowest BCUT2D eigenvalue weighted by Gasteiger charge is -2.39. The Kier molecular flexibility index (Phi) is 4.51. The SMILES string of the molecule is COc1ccc(N2CCN(C(=O)[C@@H]3[C@H]4CC[C@@H](C4)[C@@H]3C(=O)O)CC2)cc1. The first kappa shape index (κ1) is 17.2. The van der Waals surface area contributed by atoms with E-state index in [1.807, 2.05) is 29.2 Å². The van der Waals surface area contributed by atoms with Crippen LogP contribution in [0.5, 0.6) is 5.75 Å². The second-order valence-electron chi connectivity index (χ2n) is 7.73. The lowest BCUT2D eigenvalue weighted by molar-refractivity contribution is -0.153. The van der Waals surface area contributed by atoms with Crippen molar-refractivity contribution in [3.05, 3.63) is 24.3 Å². The van der Waals surface area contributed by atoms with Gasteiger partial charge in [0.25, 0.3) is 0 Å². The molecule has 2 bridgehead atoms. The second-order valence-corrected chi connectivity index (χ2v) is 7.73. The zero-order chi connectivity index (χ0) is 18.3. The molecule has 1 saturated heterocycles. The molecule has 0 aromatic heterocycles. The first-order chi connectivity index (χ1) is 12.6. The predicted octanol–water partition coefficient (Wildman–Crippen LogP) is 2.09. The molecule has 1 heterocycles. The van der Waals surface area contributed by atoms with Crippen LogP contribution in [0.15, 0.2) is 24.3 Å². The number of aliphatic carboxylic acids is 1. The van der Waals surface area contributed by atoms with Gasteiger partial charge in [0.1, 0.15) is 5.75 Å². The molecule has 3 aliphatic rings. The highest BCUT2D eigenvalue weighted by atomic mass is 16.5. The maximum Gasteiger partial charge on any atom is 0.307 e. The fraction of sp³-hybridized carbons (Fsp3) is 0.600. The molecule has 1 amide bonds. The van der Waals surface area contributed by atoms with Crippen LogP contribution in [0.25, 0.3) is 0 Å². The first-order valence-corrected chi connectivity index (χ1v) is 9.49. The fourth-order valence-corrected chi connectivity index (χ4v) is 5.19. The monoisotopic (exact) mass is 358 g/mol. The van der Waals surface area contributed by atoms with Gasteiger partial charge in [-0.05, 0) is 55.4 Å². The minimum absolute atomic E-state index is 0.0685. The normalized spacial score (nSPS) is 30.5. The number of carbonyl (C=O) groups is 2. The van der Waals surface area contributed by atoms with E-state index in [4.69, 9.17) is 4.74 Å². The number of benzene rings is 1. The van der Waals surface area contributed by atoms with Crippen LogP contribution >= 0.6 is 0 Å². The number of hydrogen-bond acceptors (Lipinski definition) is 4. The number of amides is 1. The maximum atomic E-state index is 13.1. The molecule has 3 fully saturated rings. The lowest BCUT2D eigenvalue weighted by Crippen LogP contribution is -2.52. The van der Waals surface area contributed by atoms with Crippen molar-refractivity contribution in [2.45, 2.75) is 19.3 Å². The number of fused-ring (bicyclic) bond motifs is 2. The molecule has 0 spiro atoms. The summed E-state index contributed by atoms with van der Waals surface area (Å²) in [7, 11) is 1.65. The number of carbonyl (C=O) groups excluding carboxylic acids is 1. The van der Waals surface area contributed by atoms with Gasteiger partial charge in [0, 0.05) is 31.9 Å². The van der Waals surface area contributed by atoms with E-state index in [2.05, 4.69) is 4.90 Å². The summed E-state index contributed by atoms with van der Waals surface area (Å²) in [5.41, 5.74) is 1.13. The minimum atomic E-state index is -0.785. The molecule has 2 aliphatic carbocycles. The third-order valence-electron chi connectivity index (χ3n) is 6.52. The van der Waals surface area contributed by atoms with Crippen molar-refractivity contribution in [1.29, 1.82) is 0 Å². The molecule has 2 saturated carbocycles. The van der Waals surface area contributed by atoms with E-state index < -0.39 is 11.9 Å². The van der Waals surface area contributed by atoms with Gasteiger partial charge in [0.2, 0.25) is 5.91 Å². The molecule has 1 N–H and O–H groups in total. The zero-order valence-electron chi connectivity index (χ0n) is 15.1. The number of anilines is 1. The zero-order valence-corrected chi connectivity index (χ0v) is 15.1. The van der Waals surface area contributed by atoms with Gasteiger partial charge >= 0.3 is 5.97 Å². The van der Waals surface area contributed by atoms with Gasteiger partial charge in [0.15, 0.2) is 0 Å². The van der Waals surface area contributed by atoms with Gasteiger partial charge in [-0.15, -0.1) is 0 Å². The number of rotatable bonds is 4. The number of nitrogens with zero attached hydrogens (tertiary/aromatic N) is 2. The molecule has 140 valence electrons. The fourth-order valence-electron chi connectivity index (χ4n) is 5.19. The van der Waals surface area contributed by atoms with Crippen LogP contribution in [0, 0.1) is 23.7 Å². The number of carboxylic acids is 1. The van der Waals surface area contributed by atoms with E-state index in [-0.39, 0.29) is 23.7 Å². The van der Waals surface area contributed by atoms with Crippen LogP contribution in [-0.4, -0.2) is 55.2 Å². The van der Waals surface area contributed by atoms with Gasteiger partial charge < -0.3 is 19.6 Å². The Morgan fingerprint density at radius 1 is 1.00 bits per heavy atom. The molecule has 0 radical (unpaired) electrons. The van der Waals surface area contributed by atoms with Crippen molar-refractivity contribution < 1.29 is 19.4 Å². The lowest BCUT2D eigenvalue weighted by atomic mass is 9.78. The Morgan fingerprint density at radius 2 is 1.62 bits per heavy atom. The Balaban J connectivity index is 1.39. The summed E-state index contributed by atoms with van der Waals surface area (Å²) in [5.74, 6) is -0.190. The summed E-state index contributed by atoms with van der Waals surface area (Å²) in [6.07, 6.45) is 2.90. The number of piperazine rings is 1. The van der Waals surface area contributed by atoms with Crippen molar-refractivity contribution in [2.75, 3.05) is 38.2 Å². The quantitative estimate of drug-likeness (QED) is 0.892. The molecule has 26 heavy (non-hydrogen) atoms. The maximum absolute atomic E-state index is 13.1. The summed E-state index contributed by atoms with van der Waals surface area (Å²) in [6, 6.07) is 7.96. The average Bonchev–Trinajstić information content (AvgIpc) is 3.29. The van der Waals surface area contributed by atoms with Crippen molar-refractivity contribution in [2.24, 2.45) is 23.7 Å². The predicted molar refractivity (Wildman–Crippen MR) is 97.2 cm³/mol. The molecular formula is C20H26N2O4. The van der Waals surface area contributed by atoms with E-state index in [1.54, 1.807) is 7.11 Å². The summed E-state index contributed by atoms with van der Waals surface area (Å²) >= 11 is 0. The number of hydrogen-bond donors (Lipinski definition) is 1. The van der Waals surface area contributed by atoms with Gasteiger partial charge in [0.05, 0.1) is 18.9 Å². The van der Waals surface area contributed by atoms with Crippen LogP contribution in [0.3, 0.4) is 0 Å². The molecule has 0 unspecified atom stereocenters. The van der Waals surface area contributed by atoms with Crippen LogP contribution in [-0.2, 0) is 9.59 Å². The summed E-state index contributed by atoms with van der Waals surface area (Å²) < 4.78 is 5.20. The van der Waals surface area contributed by atoms with Crippen LogP contribution in [0.1, 0.15) is 19.3 Å². The van der Waals surface area contributed by atoms with E-state index in [1.165, 1.54) is 0 Å². The first-order valence-electron chi connectivity index (χ1n) is 9.49. The molecule has 6 nitrogen and oxygen atoms in total. The highest BCUT2D eigenvalue weighted by Gasteiger charge is 2.54. The molecule has 4 rings (SSSR count). The topological polar surface area (TPSA) is 70.1 Å². The molecule has 4 atom stereocenters. The van der Waals surface area contributed by atoms with Crippen molar-refractivity contribution in [3.8, 4) is 5.75 Å². The highest BCUT2D eigenvalue weighted by molar-refractivity contribution is 5.86. The van der Waals surface area contributed by atoms with E-state index in [0.717, 1.165) is 43.8 Å². The smallest absolute Gasteiger partial charge is 0.307 e. The van der Waals surface area contributed by atoms with E-state index in [9.17, 15) is 14.7 Å². The minimum Gasteiger partial charge on any atom is -0.497 e. The Morgan fingerprint density at radius 3 is 2.19 bits per heavy atom. The van der Waals surface area contributed by atoms with E-state index >= 15 is 0 Å². The second kappa shape index (κ2) is 6.82. The van der Waals surface area contributed by atoms with E-state index in [0.29, 0.717) is 13.1 Å². The highest BCUT2D eigenvalue weighted by Crippen LogP contribution is 2.53. The van der Waals surface area contributed by atoms with Crippen LogP contribution < -0.4 is 9.64 Å². The van der Waals surface area contributed by atoms with Gasteiger partial charge in [-0.1, -0.05) is 0 Å². The Labute approximate surface area is 153 Å². The Hall–Kier alpha value is -2.24. The summed E-state index contributed by atoms with van der Waals surface area (Å²) in [6.45, 7) is 2.86. The number of carboxylic acid groups (broad SMARTS) is 1. The number of methoxy groups -OCH3 is 1. The molecule has 6 heteroatoms. The third-order valence-corrected chi connectivity index (χ3v) is 6.52. The molecule has 1 aliphatic heterocycles. The number of ether oxygens (including phenoxy) is 1. The molecule has 1 aromatic rings. The van der Waals surface area contributed by atoms with Gasteiger partial charge in [-0.25, -0.2) is 0 Å².